The van der Waals surface area contributed by atoms with E-state index in [0.29, 0.717) is 16.3 Å². The van der Waals surface area contributed by atoms with E-state index in [1.54, 1.807) is 25.1 Å². The number of hydrogen-bond acceptors (Lipinski definition) is 6. The number of rotatable bonds is 5. The van der Waals surface area contributed by atoms with Crippen molar-refractivity contribution in [3.63, 3.8) is 0 Å². The monoisotopic (exact) mass is 413 g/mol. The molecule has 3 rings (SSSR count). The summed E-state index contributed by atoms with van der Waals surface area (Å²) in [7, 11) is 0. The Morgan fingerprint density at radius 1 is 1.21 bits per heavy atom. The first-order valence-corrected chi connectivity index (χ1v) is 9.04. The molecule has 4 amide bonds. The van der Waals surface area contributed by atoms with E-state index < -0.39 is 29.7 Å². The number of nitrogens with one attached hydrogen (secondary N) is 1. The highest BCUT2D eigenvalue weighted by Gasteiger charge is 2.40. The fourth-order valence-electron chi connectivity index (χ4n) is 2.64. The summed E-state index contributed by atoms with van der Waals surface area (Å²) in [6.45, 7) is 1.93. The Bertz CT molecular complexity index is 1000. The van der Waals surface area contributed by atoms with Crippen molar-refractivity contribution >= 4 is 53.0 Å². The van der Waals surface area contributed by atoms with E-state index in [1.165, 1.54) is 30.3 Å². The van der Waals surface area contributed by atoms with Crippen LogP contribution in [0.5, 0.6) is 0 Å². The van der Waals surface area contributed by atoms with Crippen molar-refractivity contribution in [3.05, 3.63) is 59.1 Å². The summed E-state index contributed by atoms with van der Waals surface area (Å²) in [6.07, 6.45) is 1.14. The van der Waals surface area contributed by atoms with Gasteiger partial charge in [-0.3, -0.25) is 19.9 Å². The molecule has 8 nitrogen and oxygen atoms in total. The summed E-state index contributed by atoms with van der Waals surface area (Å²) >= 11 is 5.84. The summed E-state index contributed by atoms with van der Waals surface area (Å²) in [4.78, 5) is 53.9. The number of aliphatic imine (C=N–C) groups is 1. The van der Waals surface area contributed by atoms with Gasteiger partial charge in [0.1, 0.15) is 0 Å². The number of urea groups is 1. The van der Waals surface area contributed by atoms with Crippen LogP contribution in [0.2, 0.25) is 5.02 Å². The van der Waals surface area contributed by atoms with Crippen molar-refractivity contribution < 1.29 is 23.9 Å². The van der Waals surface area contributed by atoms with E-state index in [1.807, 2.05) is 0 Å². The fourth-order valence-corrected chi connectivity index (χ4v) is 2.77. The van der Waals surface area contributed by atoms with Crippen molar-refractivity contribution in [1.82, 2.24) is 5.32 Å². The molecule has 1 atom stereocenters. The van der Waals surface area contributed by atoms with Crippen LogP contribution in [0.4, 0.5) is 16.2 Å². The lowest BCUT2D eigenvalue weighted by Crippen LogP contribution is -2.58. The van der Waals surface area contributed by atoms with Crippen molar-refractivity contribution in [2.45, 2.75) is 6.92 Å². The number of benzene rings is 2. The van der Waals surface area contributed by atoms with Crippen LogP contribution in [0.15, 0.2) is 53.5 Å². The van der Waals surface area contributed by atoms with Gasteiger partial charge in [-0.25, -0.2) is 14.5 Å². The van der Waals surface area contributed by atoms with E-state index in [2.05, 4.69) is 10.3 Å². The molecule has 0 radical (unpaired) electrons. The van der Waals surface area contributed by atoms with E-state index in [9.17, 15) is 19.2 Å². The number of halogens is 1. The molecule has 0 spiro atoms. The number of nitrogens with zero attached hydrogens (tertiary/aromatic N) is 2. The summed E-state index contributed by atoms with van der Waals surface area (Å²) in [5.41, 5.74) is 0.914. The third-order valence-electron chi connectivity index (χ3n) is 4.02. The lowest BCUT2D eigenvalue weighted by molar-refractivity contribution is -0.131. The van der Waals surface area contributed by atoms with Gasteiger partial charge in [0.15, 0.2) is 5.92 Å². The number of amides is 4. The molecule has 1 aliphatic heterocycles. The zero-order chi connectivity index (χ0) is 21.0. The van der Waals surface area contributed by atoms with Gasteiger partial charge in [-0.05, 0) is 49.4 Å². The molecule has 9 heteroatoms. The zero-order valence-electron chi connectivity index (χ0n) is 15.3. The van der Waals surface area contributed by atoms with Gasteiger partial charge >= 0.3 is 12.0 Å². The Balaban J connectivity index is 1.84. The standard InChI is InChI=1S/C20H16ClN3O5/c1-2-29-19(27)12-4-3-5-14(10-12)22-11-16-17(25)23-20(28)24(18(16)26)15-8-6-13(21)7-9-15/h3-11,16H,2H2,1H3,(H,23,25,28)/t16-/m1/s1. The van der Waals surface area contributed by atoms with Gasteiger partial charge in [0.05, 0.1) is 23.5 Å². The molecular formula is C20H16ClN3O5. The van der Waals surface area contributed by atoms with Crippen molar-refractivity contribution in [1.29, 1.82) is 0 Å². The first-order valence-electron chi connectivity index (χ1n) is 8.66. The number of esters is 1. The molecule has 0 aromatic heterocycles. The molecule has 2 aromatic rings. The zero-order valence-corrected chi connectivity index (χ0v) is 16.1. The Labute approximate surface area is 171 Å². The second kappa shape index (κ2) is 8.66. The van der Waals surface area contributed by atoms with Crippen LogP contribution >= 0.6 is 11.6 Å². The second-order valence-corrected chi connectivity index (χ2v) is 6.41. The molecule has 1 heterocycles. The van der Waals surface area contributed by atoms with E-state index in [4.69, 9.17) is 16.3 Å². The molecule has 0 saturated carbocycles. The lowest BCUT2D eigenvalue weighted by Gasteiger charge is -2.28. The maximum atomic E-state index is 12.8. The molecule has 1 saturated heterocycles. The molecule has 1 aliphatic rings. The quantitative estimate of drug-likeness (QED) is 0.460. The normalized spacial score (nSPS) is 16.8. The minimum Gasteiger partial charge on any atom is -0.462 e. The average molecular weight is 414 g/mol. The fraction of sp³-hybridized carbons (Fsp3) is 0.150. The van der Waals surface area contributed by atoms with Crippen molar-refractivity contribution in [2.75, 3.05) is 11.5 Å². The molecule has 1 N–H and O–H groups in total. The van der Waals surface area contributed by atoms with Crippen LogP contribution in [0.1, 0.15) is 17.3 Å². The third kappa shape index (κ3) is 4.49. The summed E-state index contributed by atoms with van der Waals surface area (Å²) in [5, 5.41) is 2.57. The Kier molecular flexibility index (Phi) is 6.04. The molecule has 0 unspecified atom stereocenters. The summed E-state index contributed by atoms with van der Waals surface area (Å²) in [6, 6.07) is 11.4. The van der Waals surface area contributed by atoms with Crippen LogP contribution in [-0.2, 0) is 14.3 Å². The van der Waals surface area contributed by atoms with Gasteiger partial charge in [-0.2, -0.15) is 0 Å². The van der Waals surface area contributed by atoms with Crippen LogP contribution in [0.3, 0.4) is 0 Å². The average Bonchev–Trinajstić information content (AvgIpc) is 2.69. The number of ether oxygens (including phenoxy) is 1. The molecule has 0 bridgehead atoms. The molecule has 148 valence electrons. The summed E-state index contributed by atoms with van der Waals surface area (Å²) in [5.74, 6) is -3.34. The van der Waals surface area contributed by atoms with Gasteiger partial charge in [0, 0.05) is 11.2 Å². The van der Waals surface area contributed by atoms with Gasteiger partial charge in [-0.1, -0.05) is 17.7 Å². The largest absolute Gasteiger partial charge is 0.462 e. The number of anilines is 1. The minimum absolute atomic E-state index is 0.234. The van der Waals surface area contributed by atoms with Crippen LogP contribution < -0.4 is 10.2 Å². The Hall–Kier alpha value is -3.52. The molecular weight excluding hydrogens is 398 g/mol. The predicted molar refractivity (Wildman–Crippen MR) is 107 cm³/mol. The van der Waals surface area contributed by atoms with Crippen LogP contribution in [0, 0.1) is 5.92 Å². The number of imide groups is 2. The van der Waals surface area contributed by atoms with Gasteiger partial charge < -0.3 is 4.74 Å². The SMILES string of the molecule is CCOC(=O)c1cccc(N=C[C@@H]2C(=O)NC(=O)N(c3ccc(Cl)cc3)C2=O)c1. The smallest absolute Gasteiger partial charge is 0.338 e. The maximum absolute atomic E-state index is 12.8. The maximum Gasteiger partial charge on any atom is 0.338 e. The topological polar surface area (TPSA) is 105 Å². The molecule has 29 heavy (non-hydrogen) atoms. The van der Waals surface area contributed by atoms with Crippen molar-refractivity contribution in [2.24, 2.45) is 10.9 Å². The highest BCUT2D eigenvalue weighted by Crippen LogP contribution is 2.23. The van der Waals surface area contributed by atoms with E-state index in [-0.39, 0.29) is 12.3 Å². The number of carbonyl (C=O) groups excluding carboxylic acids is 4. The highest BCUT2D eigenvalue weighted by molar-refractivity contribution is 6.33. The molecule has 0 aliphatic carbocycles. The summed E-state index contributed by atoms with van der Waals surface area (Å²) < 4.78 is 4.93. The Morgan fingerprint density at radius 3 is 2.62 bits per heavy atom. The molecule has 2 aromatic carbocycles. The number of carbonyl (C=O) groups is 4. The Morgan fingerprint density at radius 2 is 1.93 bits per heavy atom. The van der Waals surface area contributed by atoms with E-state index in [0.717, 1.165) is 11.1 Å². The van der Waals surface area contributed by atoms with Crippen molar-refractivity contribution in [3.8, 4) is 0 Å². The van der Waals surface area contributed by atoms with Crippen LogP contribution in [-0.4, -0.2) is 36.6 Å². The highest BCUT2D eigenvalue weighted by atomic mass is 35.5. The number of hydrogen-bond donors (Lipinski definition) is 1. The third-order valence-corrected chi connectivity index (χ3v) is 4.27. The van der Waals surface area contributed by atoms with Gasteiger partial charge in [0.2, 0.25) is 5.91 Å². The van der Waals surface area contributed by atoms with Gasteiger partial charge in [0.25, 0.3) is 5.91 Å². The molecule has 1 fully saturated rings. The van der Waals surface area contributed by atoms with Crippen LogP contribution in [0.25, 0.3) is 0 Å². The van der Waals surface area contributed by atoms with Gasteiger partial charge in [-0.15, -0.1) is 0 Å². The minimum atomic E-state index is -1.31. The van der Waals surface area contributed by atoms with E-state index >= 15 is 0 Å². The first-order chi connectivity index (χ1) is 13.9. The lowest BCUT2D eigenvalue weighted by atomic mass is 10.1. The number of barbiturate groups is 1. The predicted octanol–water partition coefficient (Wildman–Crippen LogP) is 3.12. The first kappa shape index (κ1) is 20.2. The second-order valence-electron chi connectivity index (χ2n) is 5.97.